The van der Waals surface area contributed by atoms with E-state index in [0.29, 0.717) is 53.5 Å². The van der Waals surface area contributed by atoms with E-state index in [-0.39, 0.29) is 58.4 Å². The van der Waals surface area contributed by atoms with Crippen LogP contribution in [-0.4, -0.2) is 105 Å². The number of carbonyl (C=O) groups is 2. The summed E-state index contributed by atoms with van der Waals surface area (Å²) in [6, 6.07) is 5.72. The molecule has 0 bridgehead atoms. The smallest absolute Gasteiger partial charge is 0.412 e. The minimum absolute atomic E-state index is 0.00562. The van der Waals surface area contributed by atoms with E-state index in [1.807, 2.05) is 45.9 Å². The van der Waals surface area contributed by atoms with Crippen molar-refractivity contribution in [3.05, 3.63) is 34.6 Å². The molecule has 10 rings (SSSR count). The van der Waals surface area contributed by atoms with Crippen molar-refractivity contribution in [3.63, 3.8) is 0 Å². The number of nitrogens with zero attached hydrogens (tertiary/aromatic N) is 5. The Balaban J connectivity index is 1.08. The van der Waals surface area contributed by atoms with Gasteiger partial charge in [0.15, 0.2) is 11.6 Å². The fourth-order valence-electron chi connectivity index (χ4n) is 10.8. The van der Waals surface area contributed by atoms with Crippen molar-refractivity contribution in [2.24, 2.45) is 0 Å². The Labute approximate surface area is 346 Å². The van der Waals surface area contributed by atoms with Gasteiger partial charge in [0.1, 0.15) is 41.3 Å². The van der Waals surface area contributed by atoms with Gasteiger partial charge < -0.3 is 23.8 Å². The summed E-state index contributed by atoms with van der Waals surface area (Å²) >= 11 is 8.76. The minimum Gasteiger partial charge on any atom is -0.489 e. The molecule has 0 saturated carbocycles. The molecule has 8 heterocycles. The average Bonchev–Trinajstić information content (AvgIpc) is 3.79. The predicted molar refractivity (Wildman–Crippen MR) is 222 cm³/mol. The molecule has 58 heavy (non-hydrogen) atoms. The highest BCUT2D eigenvalue weighted by atomic mass is 35.5. The van der Waals surface area contributed by atoms with Crippen molar-refractivity contribution >= 4 is 66.8 Å². The van der Waals surface area contributed by atoms with Crippen molar-refractivity contribution in [2.45, 2.75) is 127 Å². The second-order valence-electron chi connectivity index (χ2n) is 19.1. The van der Waals surface area contributed by atoms with Gasteiger partial charge >= 0.3 is 18.1 Å². The lowest BCUT2D eigenvalue weighted by atomic mass is 9.60. The molecule has 6 aliphatic rings. The van der Waals surface area contributed by atoms with Crippen molar-refractivity contribution in [3.8, 4) is 22.9 Å². The minimum atomic E-state index is -0.675. The summed E-state index contributed by atoms with van der Waals surface area (Å²) in [4.78, 5) is 43.3. The van der Waals surface area contributed by atoms with Gasteiger partial charge in [0.05, 0.1) is 27.0 Å². The van der Waals surface area contributed by atoms with Crippen LogP contribution < -0.4 is 19.7 Å². The largest absolute Gasteiger partial charge is 0.489 e. The molecule has 12 nitrogen and oxygen atoms in total. The summed E-state index contributed by atoms with van der Waals surface area (Å²) in [5.74, 6) is 0.0781. The van der Waals surface area contributed by atoms with Crippen LogP contribution in [0, 0.1) is 12.7 Å². The number of rotatable bonds is 6. The molecule has 6 aliphatic heterocycles. The summed E-state index contributed by atoms with van der Waals surface area (Å²) in [6.07, 6.45) is 5.04. The number of halogens is 2. The van der Waals surface area contributed by atoms with Crippen LogP contribution in [-0.2, 0) is 14.3 Å². The van der Waals surface area contributed by atoms with Gasteiger partial charge in [0.25, 0.3) is 0 Å². The van der Waals surface area contributed by atoms with Crippen molar-refractivity contribution in [1.29, 1.82) is 0 Å². The highest BCUT2D eigenvalue weighted by Crippen LogP contribution is 2.59. The maximum atomic E-state index is 17.8. The second-order valence-corrected chi connectivity index (χ2v) is 20.6. The van der Waals surface area contributed by atoms with E-state index in [9.17, 15) is 9.59 Å². The first-order chi connectivity index (χ1) is 27.5. The first kappa shape index (κ1) is 38.2. The number of hydrogen-bond donors (Lipinski definition) is 1. The number of esters is 1. The van der Waals surface area contributed by atoms with Crippen molar-refractivity contribution in [1.82, 2.24) is 19.8 Å². The molecular weight excluding hydrogens is 783 g/mol. The normalized spacial score (nSPS) is 25.9. The summed E-state index contributed by atoms with van der Waals surface area (Å²) in [5.41, 5.74) is -0.362. The van der Waals surface area contributed by atoms with Crippen LogP contribution in [0.3, 0.4) is 0 Å². The number of ether oxygens (including phenoxy) is 4. The van der Waals surface area contributed by atoms with E-state index in [4.69, 9.17) is 40.5 Å². The molecule has 0 radical (unpaired) electrons. The molecule has 0 spiro atoms. The molecule has 5 fully saturated rings. The van der Waals surface area contributed by atoms with E-state index in [0.717, 1.165) is 54.4 Å². The molecule has 15 heteroatoms. The lowest BCUT2D eigenvalue weighted by molar-refractivity contribution is -0.240. The number of hydrogen-bond acceptors (Lipinski definition) is 12. The van der Waals surface area contributed by atoms with Gasteiger partial charge in [0, 0.05) is 34.3 Å². The number of aromatic nitrogens is 2. The summed E-state index contributed by atoms with van der Waals surface area (Å²) in [6.45, 7) is 16.4. The van der Waals surface area contributed by atoms with Gasteiger partial charge in [-0.25, -0.2) is 9.18 Å². The standard InChI is InChI=1S/C43H50ClFN6O6S/c1-22-10-11-27-24(16-28(58-27)46-39(53)57-41(5,6)7)29(22)30-32(44)35-31-34(33(30)45)47-38(55-21-42-12-8-14-49(42)15-9-13-42)48-36(31)50-19-23-17-43(37(52)56-40(2,3)4)18-25(51(23)43)26(50)20-54-35/h10-11,16,23,25-26H,8-9,12-15,17-21H2,1-7H3,(H,46,53)/t23-,25+,26-,43?/m1/s1. The zero-order valence-electron chi connectivity index (χ0n) is 34.1. The Morgan fingerprint density at radius 3 is 2.50 bits per heavy atom. The number of piperazine rings is 1. The van der Waals surface area contributed by atoms with E-state index in [1.165, 1.54) is 11.3 Å². The summed E-state index contributed by atoms with van der Waals surface area (Å²) in [7, 11) is 0. The fourth-order valence-corrected chi connectivity index (χ4v) is 12.1. The Bertz CT molecular complexity index is 2400. The topological polar surface area (TPSA) is 119 Å². The van der Waals surface area contributed by atoms with Gasteiger partial charge in [-0.2, -0.15) is 9.97 Å². The number of thiophene rings is 1. The molecule has 2 aromatic heterocycles. The highest BCUT2D eigenvalue weighted by molar-refractivity contribution is 7.23. The SMILES string of the molecule is Cc1ccc2sc(NC(=O)OC(C)(C)C)cc2c1-c1c(Cl)c2c3c(nc(OCC45CCCN4CCC5)nc3c1F)N1C[C@H]3CC4(C(=O)OC(C)(C)C)C[C@@H]([C@H]1CO2)N34. The molecular formula is C43H50ClFN6O6S. The number of amides is 1. The predicted octanol–water partition coefficient (Wildman–Crippen LogP) is 8.47. The maximum Gasteiger partial charge on any atom is 0.412 e. The third-order valence-corrected chi connectivity index (χ3v) is 14.4. The third-order valence-electron chi connectivity index (χ3n) is 13.1. The number of anilines is 2. The van der Waals surface area contributed by atoms with Crippen LogP contribution in [0.4, 0.5) is 20.0 Å². The Morgan fingerprint density at radius 2 is 1.78 bits per heavy atom. The molecule has 5 saturated heterocycles. The second kappa shape index (κ2) is 13.0. The molecule has 4 aromatic rings. The van der Waals surface area contributed by atoms with Crippen molar-refractivity contribution in [2.75, 3.05) is 43.1 Å². The molecule has 4 atom stereocenters. The van der Waals surface area contributed by atoms with E-state index in [2.05, 4.69) is 20.0 Å². The van der Waals surface area contributed by atoms with Crippen LogP contribution in [0.1, 0.15) is 85.6 Å². The van der Waals surface area contributed by atoms with Gasteiger partial charge in [-0.15, -0.1) is 11.3 Å². The van der Waals surface area contributed by atoms with Crippen molar-refractivity contribution < 1.29 is 32.9 Å². The first-order valence-corrected chi connectivity index (χ1v) is 21.7. The first-order valence-electron chi connectivity index (χ1n) is 20.5. The number of aryl methyl sites for hydroxylation is 1. The summed E-state index contributed by atoms with van der Waals surface area (Å²) < 4.78 is 43.3. The molecule has 1 N–H and O–H groups in total. The average molecular weight is 833 g/mol. The van der Waals surface area contributed by atoms with E-state index in [1.54, 1.807) is 20.8 Å². The molecule has 1 unspecified atom stereocenters. The van der Waals surface area contributed by atoms with E-state index < -0.39 is 28.7 Å². The van der Waals surface area contributed by atoms with Gasteiger partial charge in [-0.05, 0) is 123 Å². The Hall–Kier alpha value is -3.98. The fraction of sp³-hybridized carbons (Fsp3) is 0.581. The molecule has 2 aromatic carbocycles. The number of carbonyl (C=O) groups excluding carboxylic acids is 2. The van der Waals surface area contributed by atoms with Crippen LogP contribution in [0.2, 0.25) is 5.02 Å². The number of benzene rings is 2. The third kappa shape index (κ3) is 5.86. The zero-order valence-corrected chi connectivity index (χ0v) is 35.7. The number of nitrogens with one attached hydrogen (secondary N) is 1. The maximum absolute atomic E-state index is 17.8. The number of piperidine rings is 1. The molecule has 308 valence electrons. The quantitative estimate of drug-likeness (QED) is 0.189. The lowest BCUT2D eigenvalue weighted by Crippen LogP contribution is -2.89. The highest BCUT2D eigenvalue weighted by Gasteiger charge is 2.72. The van der Waals surface area contributed by atoms with E-state index >= 15 is 4.39 Å². The van der Waals surface area contributed by atoms with Gasteiger partial charge in [-0.3, -0.25) is 19.9 Å². The molecule has 0 aliphatic carbocycles. The van der Waals surface area contributed by atoms with Gasteiger partial charge in [0.2, 0.25) is 0 Å². The Morgan fingerprint density at radius 1 is 1.03 bits per heavy atom. The molecule has 1 amide bonds. The van der Waals surface area contributed by atoms with Crippen LogP contribution in [0.25, 0.3) is 32.1 Å². The Kier molecular flexibility index (Phi) is 8.58. The monoisotopic (exact) mass is 832 g/mol. The summed E-state index contributed by atoms with van der Waals surface area (Å²) in [5, 5.41) is 4.66. The lowest BCUT2D eigenvalue weighted by Gasteiger charge is -2.73. The van der Waals surface area contributed by atoms with Crippen LogP contribution >= 0.6 is 22.9 Å². The zero-order chi connectivity index (χ0) is 40.7. The van der Waals surface area contributed by atoms with Crippen LogP contribution in [0.15, 0.2) is 18.2 Å². The van der Waals surface area contributed by atoms with Gasteiger partial charge in [-0.1, -0.05) is 17.7 Å². The van der Waals surface area contributed by atoms with Crippen LogP contribution in [0.5, 0.6) is 11.8 Å². The number of fused-ring (bicyclic) bond motifs is 5.